The van der Waals surface area contributed by atoms with Gasteiger partial charge in [-0.3, -0.25) is 9.59 Å². The molecule has 1 aromatic rings. The Morgan fingerprint density at radius 2 is 2.12 bits per heavy atom. The summed E-state index contributed by atoms with van der Waals surface area (Å²) in [7, 11) is 0. The Morgan fingerprint density at radius 1 is 1.50 bits per heavy atom. The molecule has 0 fully saturated rings. The smallest absolute Gasteiger partial charge is 0.325 e. The molecule has 5 nitrogen and oxygen atoms in total. The van der Waals surface area contributed by atoms with Crippen molar-refractivity contribution in [3.05, 3.63) is 28.2 Å². The number of amides is 1. The maximum atomic E-state index is 11.1. The van der Waals surface area contributed by atoms with Gasteiger partial charge in [0.2, 0.25) is 0 Å². The first-order chi connectivity index (χ1) is 7.41. The molecule has 0 bridgehead atoms. The quantitative estimate of drug-likeness (QED) is 0.781. The van der Waals surface area contributed by atoms with Crippen molar-refractivity contribution in [1.82, 2.24) is 0 Å². The highest BCUT2D eigenvalue weighted by Crippen LogP contribution is 2.21. The van der Waals surface area contributed by atoms with Gasteiger partial charge in [0.05, 0.1) is 5.56 Å². The number of hydrogen-bond donors (Lipinski definition) is 3. The highest BCUT2D eigenvalue weighted by molar-refractivity contribution is 9.10. The Labute approximate surface area is 101 Å². The monoisotopic (exact) mass is 286 g/mol. The fraction of sp³-hybridized carbons (Fsp3) is 0.200. The summed E-state index contributed by atoms with van der Waals surface area (Å²) in [6.45, 7) is 1.48. The molecule has 1 atom stereocenters. The average Bonchev–Trinajstić information content (AvgIpc) is 2.16. The van der Waals surface area contributed by atoms with Gasteiger partial charge in [0.1, 0.15) is 6.04 Å². The molecule has 0 saturated heterocycles. The number of nitrogens with two attached hydrogens (primary N) is 1. The van der Waals surface area contributed by atoms with E-state index in [2.05, 4.69) is 21.2 Å². The zero-order chi connectivity index (χ0) is 12.3. The lowest BCUT2D eigenvalue weighted by Gasteiger charge is -2.13. The topological polar surface area (TPSA) is 92.4 Å². The van der Waals surface area contributed by atoms with Gasteiger partial charge in [-0.1, -0.05) is 15.9 Å². The highest BCUT2D eigenvalue weighted by atomic mass is 79.9. The van der Waals surface area contributed by atoms with E-state index in [0.717, 1.165) is 4.47 Å². The van der Waals surface area contributed by atoms with Crippen molar-refractivity contribution in [1.29, 1.82) is 0 Å². The summed E-state index contributed by atoms with van der Waals surface area (Å²) in [5, 5.41) is 11.5. The largest absolute Gasteiger partial charge is 0.480 e. The van der Waals surface area contributed by atoms with Crippen LogP contribution in [-0.2, 0) is 4.79 Å². The fourth-order valence-corrected chi connectivity index (χ4v) is 1.51. The number of benzene rings is 1. The number of rotatable bonds is 4. The molecule has 1 aromatic carbocycles. The molecule has 4 N–H and O–H groups in total. The molecule has 16 heavy (non-hydrogen) atoms. The Bertz CT molecular complexity index is 434. The third kappa shape index (κ3) is 2.96. The van der Waals surface area contributed by atoms with Crippen molar-refractivity contribution < 1.29 is 14.7 Å². The number of carbonyl (C=O) groups is 2. The molecule has 0 spiro atoms. The zero-order valence-corrected chi connectivity index (χ0v) is 10.1. The lowest BCUT2D eigenvalue weighted by atomic mass is 10.1. The van der Waals surface area contributed by atoms with Crippen LogP contribution in [-0.4, -0.2) is 23.0 Å². The van der Waals surface area contributed by atoms with Crippen molar-refractivity contribution in [3.8, 4) is 0 Å². The third-order valence-corrected chi connectivity index (χ3v) is 2.48. The van der Waals surface area contributed by atoms with Crippen molar-refractivity contribution >= 4 is 33.5 Å². The minimum absolute atomic E-state index is 0.260. The number of carbonyl (C=O) groups excluding carboxylic acids is 1. The van der Waals surface area contributed by atoms with Gasteiger partial charge in [0.25, 0.3) is 5.91 Å². The van der Waals surface area contributed by atoms with Gasteiger partial charge in [0, 0.05) is 10.2 Å². The molecule has 1 rings (SSSR count). The minimum Gasteiger partial charge on any atom is -0.480 e. The summed E-state index contributed by atoms with van der Waals surface area (Å²) in [6, 6.07) is 4.01. The summed E-state index contributed by atoms with van der Waals surface area (Å²) in [5.74, 6) is -1.61. The summed E-state index contributed by atoms with van der Waals surface area (Å²) < 4.78 is 0.734. The molecule has 0 radical (unpaired) electrons. The number of carboxylic acid groups (broad SMARTS) is 1. The Hall–Kier alpha value is -1.56. The minimum atomic E-state index is -1.00. The third-order valence-electron chi connectivity index (χ3n) is 1.99. The predicted molar refractivity (Wildman–Crippen MR) is 63.4 cm³/mol. The van der Waals surface area contributed by atoms with Crippen LogP contribution in [0.15, 0.2) is 22.7 Å². The number of halogens is 1. The summed E-state index contributed by atoms with van der Waals surface area (Å²) in [5.41, 5.74) is 5.84. The fourth-order valence-electron chi connectivity index (χ4n) is 1.15. The molecule has 0 aliphatic rings. The number of anilines is 1. The highest BCUT2D eigenvalue weighted by Gasteiger charge is 2.14. The van der Waals surface area contributed by atoms with Crippen LogP contribution in [0.3, 0.4) is 0 Å². The van der Waals surface area contributed by atoms with Gasteiger partial charge in [0.15, 0.2) is 0 Å². The average molecular weight is 287 g/mol. The first-order valence-corrected chi connectivity index (χ1v) is 5.30. The Balaban J connectivity index is 3.05. The lowest BCUT2D eigenvalue weighted by Crippen LogP contribution is -2.27. The van der Waals surface area contributed by atoms with E-state index in [1.807, 2.05) is 0 Å². The van der Waals surface area contributed by atoms with Crippen LogP contribution in [0.1, 0.15) is 17.3 Å². The van der Waals surface area contributed by atoms with Crippen LogP contribution < -0.4 is 11.1 Å². The van der Waals surface area contributed by atoms with Gasteiger partial charge in [-0.2, -0.15) is 0 Å². The molecule has 0 aromatic heterocycles. The number of aliphatic carboxylic acids is 1. The van der Waals surface area contributed by atoms with Gasteiger partial charge in [-0.05, 0) is 25.1 Å². The molecule has 0 saturated carbocycles. The molecular formula is C10H11BrN2O3. The molecule has 86 valence electrons. The Kier molecular flexibility index (Phi) is 3.89. The number of carboxylic acids is 1. The zero-order valence-electron chi connectivity index (χ0n) is 8.53. The van der Waals surface area contributed by atoms with E-state index in [0.29, 0.717) is 5.69 Å². The van der Waals surface area contributed by atoms with Crippen molar-refractivity contribution in [3.63, 3.8) is 0 Å². The molecule has 1 unspecified atom stereocenters. The number of hydrogen-bond acceptors (Lipinski definition) is 3. The second-order valence-electron chi connectivity index (χ2n) is 3.26. The maximum Gasteiger partial charge on any atom is 0.325 e. The van der Waals surface area contributed by atoms with Crippen LogP contribution in [0.4, 0.5) is 5.69 Å². The van der Waals surface area contributed by atoms with Crippen LogP contribution in [0.25, 0.3) is 0 Å². The van der Waals surface area contributed by atoms with Crippen molar-refractivity contribution in [2.75, 3.05) is 5.32 Å². The molecule has 0 aliphatic heterocycles. The van der Waals surface area contributed by atoms with Crippen LogP contribution in [0.5, 0.6) is 0 Å². The predicted octanol–water partition coefficient (Wildman–Crippen LogP) is 1.43. The second kappa shape index (κ2) is 4.98. The van der Waals surface area contributed by atoms with Crippen LogP contribution in [0.2, 0.25) is 0 Å². The second-order valence-corrected chi connectivity index (χ2v) is 4.17. The van der Waals surface area contributed by atoms with E-state index in [-0.39, 0.29) is 5.56 Å². The van der Waals surface area contributed by atoms with Gasteiger partial charge in [-0.25, -0.2) is 0 Å². The SMILES string of the molecule is CC(Nc1cc(Br)ccc1C(N)=O)C(=O)O. The number of nitrogens with one attached hydrogen (secondary N) is 1. The first kappa shape index (κ1) is 12.5. The van der Waals surface area contributed by atoms with Gasteiger partial charge in [-0.15, -0.1) is 0 Å². The normalized spacial score (nSPS) is 11.9. The lowest BCUT2D eigenvalue weighted by molar-refractivity contribution is -0.137. The standard InChI is InChI=1S/C10H11BrN2O3/c1-5(10(15)16)13-8-4-6(11)2-3-7(8)9(12)14/h2-5,13H,1H3,(H2,12,14)(H,15,16). The van der Waals surface area contributed by atoms with E-state index < -0.39 is 17.9 Å². The number of primary amides is 1. The maximum absolute atomic E-state index is 11.1. The molecule has 1 amide bonds. The van der Waals surface area contributed by atoms with Crippen LogP contribution >= 0.6 is 15.9 Å². The summed E-state index contributed by atoms with van der Waals surface area (Å²) in [6.07, 6.45) is 0. The van der Waals surface area contributed by atoms with E-state index in [9.17, 15) is 9.59 Å². The van der Waals surface area contributed by atoms with Crippen molar-refractivity contribution in [2.45, 2.75) is 13.0 Å². The van der Waals surface area contributed by atoms with Gasteiger partial charge >= 0.3 is 5.97 Å². The summed E-state index contributed by atoms with van der Waals surface area (Å²) >= 11 is 3.23. The summed E-state index contributed by atoms with van der Waals surface area (Å²) in [4.78, 5) is 21.8. The molecule has 0 heterocycles. The van der Waals surface area contributed by atoms with E-state index >= 15 is 0 Å². The first-order valence-electron chi connectivity index (χ1n) is 4.50. The van der Waals surface area contributed by atoms with Crippen molar-refractivity contribution in [2.24, 2.45) is 5.73 Å². The van der Waals surface area contributed by atoms with E-state index in [1.54, 1.807) is 12.1 Å². The van der Waals surface area contributed by atoms with E-state index in [4.69, 9.17) is 10.8 Å². The van der Waals surface area contributed by atoms with Crippen LogP contribution in [0, 0.1) is 0 Å². The van der Waals surface area contributed by atoms with E-state index in [1.165, 1.54) is 13.0 Å². The Morgan fingerprint density at radius 3 is 2.62 bits per heavy atom. The molecule has 0 aliphatic carbocycles. The van der Waals surface area contributed by atoms with Gasteiger partial charge < -0.3 is 16.2 Å². The molecular weight excluding hydrogens is 276 g/mol. The molecule has 6 heteroatoms.